The molecule has 2 bridgehead atoms. The van der Waals surface area contributed by atoms with E-state index in [0.29, 0.717) is 0 Å². The highest BCUT2D eigenvalue weighted by Crippen LogP contribution is 2.53. The van der Waals surface area contributed by atoms with Crippen molar-refractivity contribution in [2.75, 3.05) is 0 Å². The first-order valence-electron chi connectivity index (χ1n) is 4.20. The Labute approximate surface area is 61.2 Å². The highest BCUT2D eigenvalue weighted by atomic mass is 14.4. The summed E-state index contributed by atoms with van der Waals surface area (Å²) >= 11 is 0. The maximum absolute atomic E-state index is 2.32. The Morgan fingerprint density at radius 3 is 3.30 bits per heavy atom. The van der Waals surface area contributed by atoms with Gasteiger partial charge in [0.2, 0.25) is 0 Å². The van der Waals surface area contributed by atoms with Crippen LogP contribution in [0.25, 0.3) is 0 Å². The van der Waals surface area contributed by atoms with Crippen molar-refractivity contribution >= 4 is 0 Å². The maximum Gasteiger partial charge on any atom is -0.0397 e. The summed E-state index contributed by atoms with van der Waals surface area (Å²) in [6.45, 7) is 0. The fourth-order valence-corrected chi connectivity index (χ4v) is 2.74. The normalized spacial score (nSPS) is 34.8. The molecule has 2 aliphatic rings. The van der Waals surface area contributed by atoms with Crippen LogP contribution in [0.4, 0.5) is 0 Å². The molecule has 0 spiro atoms. The van der Waals surface area contributed by atoms with Gasteiger partial charge in [0, 0.05) is 0 Å². The summed E-state index contributed by atoms with van der Waals surface area (Å²) in [7, 11) is 0. The van der Waals surface area contributed by atoms with Crippen LogP contribution in [0.1, 0.15) is 42.2 Å². The standard InChI is InChI=1S/C10H11/c1-2-9-7-4-5-8(6-7)10(9)3-1/h1-3,7-8H,4-6H2/q-1. The van der Waals surface area contributed by atoms with Crippen LogP contribution in [-0.2, 0) is 0 Å². The summed E-state index contributed by atoms with van der Waals surface area (Å²) in [5.74, 6) is 1.91. The molecule has 2 aliphatic carbocycles. The Hall–Kier alpha value is -0.650. The van der Waals surface area contributed by atoms with Gasteiger partial charge in [-0.1, -0.05) is 18.8 Å². The van der Waals surface area contributed by atoms with E-state index in [9.17, 15) is 0 Å². The topological polar surface area (TPSA) is 0 Å². The number of rotatable bonds is 0. The monoisotopic (exact) mass is 131 g/mol. The molecule has 1 saturated carbocycles. The van der Waals surface area contributed by atoms with E-state index in [1.165, 1.54) is 19.3 Å². The number of hydrogen-bond donors (Lipinski definition) is 0. The summed E-state index contributed by atoms with van der Waals surface area (Å²) in [4.78, 5) is 0. The molecule has 0 radical (unpaired) electrons. The van der Waals surface area contributed by atoms with Gasteiger partial charge >= 0.3 is 0 Å². The highest BCUT2D eigenvalue weighted by Gasteiger charge is 2.31. The molecule has 0 heteroatoms. The molecular weight excluding hydrogens is 120 g/mol. The minimum absolute atomic E-state index is 0.954. The van der Waals surface area contributed by atoms with Crippen LogP contribution < -0.4 is 0 Å². The van der Waals surface area contributed by atoms with Crippen molar-refractivity contribution in [3.63, 3.8) is 0 Å². The number of hydrogen-bond acceptors (Lipinski definition) is 0. The Bertz CT molecular complexity index is 232. The molecule has 0 aromatic heterocycles. The van der Waals surface area contributed by atoms with Crippen molar-refractivity contribution in [1.82, 2.24) is 0 Å². The minimum atomic E-state index is 0.954. The van der Waals surface area contributed by atoms with Gasteiger partial charge in [-0.25, -0.2) is 12.1 Å². The molecule has 1 aromatic carbocycles. The van der Waals surface area contributed by atoms with Crippen molar-refractivity contribution in [1.29, 1.82) is 0 Å². The second-order valence-corrected chi connectivity index (χ2v) is 3.64. The molecular formula is C10H11-. The zero-order valence-electron chi connectivity index (χ0n) is 6.01. The van der Waals surface area contributed by atoms with Crippen molar-refractivity contribution in [3.05, 3.63) is 29.3 Å². The lowest BCUT2D eigenvalue weighted by Gasteiger charge is -2.15. The summed E-state index contributed by atoms with van der Waals surface area (Å²) in [5, 5.41) is 0. The van der Waals surface area contributed by atoms with Gasteiger partial charge in [-0.2, -0.15) is 17.2 Å². The van der Waals surface area contributed by atoms with Gasteiger partial charge in [0.05, 0.1) is 0 Å². The molecule has 3 rings (SSSR count). The van der Waals surface area contributed by atoms with E-state index < -0.39 is 0 Å². The minimum Gasteiger partial charge on any atom is -0.213 e. The average molecular weight is 131 g/mol. The third-order valence-electron chi connectivity index (χ3n) is 3.20. The lowest BCUT2D eigenvalue weighted by Crippen LogP contribution is -1.92. The van der Waals surface area contributed by atoms with Crippen molar-refractivity contribution in [2.24, 2.45) is 0 Å². The van der Waals surface area contributed by atoms with Crippen LogP contribution in [0.5, 0.6) is 0 Å². The maximum atomic E-state index is 2.32. The molecule has 10 heavy (non-hydrogen) atoms. The number of fused-ring (bicyclic) bond motifs is 5. The van der Waals surface area contributed by atoms with Crippen molar-refractivity contribution < 1.29 is 0 Å². The summed E-state index contributed by atoms with van der Waals surface area (Å²) in [5.41, 5.74) is 3.35. The first kappa shape index (κ1) is 5.06. The lowest BCUT2D eigenvalue weighted by atomic mass is 9.96. The van der Waals surface area contributed by atoms with Crippen LogP contribution in [0.3, 0.4) is 0 Å². The first-order chi connectivity index (χ1) is 4.95. The zero-order valence-corrected chi connectivity index (χ0v) is 6.01. The average Bonchev–Trinajstić information content (AvgIpc) is 2.60. The summed E-state index contributed by atoms with van der Waals surface area (Å²) in [6.07, 6.45) is 4.38. The predicted octanol–water partition coefficient (Wildman–Crippen LogP) is 2.77. The molecule has 0 N–H and O–H groups in total. The second-order valence-electron chi connectivity index (χ2n) is 3.64. The van der Waals surface area contributed by atoms with Gasteiger partial charge in [0.15, 0.2) is 0 Å². The van der Waals surface area contributed by atoms with Crippen LogP contribution in [0, 0.1) is 0 Å². The van der Waals surface area contributed by atoms with Gasteiger partial charge in [-0.15, -0.1) is 0 Å². The largest absolute Gasteiger partial charge is 0.213 e. The van der Waals surface area contributed by atoms with Gasteiger partial charge in [0.1, 0.15) is 0 Å². The molecule has 2 atom stereocenters. The molecule has 0 nitrogen and oxygen atoms in total. The molecule has 0 saturated heterocycles. The predicted molar refractivity (Wildman–Crippen MR) is 41.4 cm³/mol. The van der Waals surface area contributed by atoms with E-state index in [1.54, 1.807) is 11.1 Å². The lowest BCUT2D eigenvalue weighted by molar-refractivity contribution is 0.722. The van der Waals surface area contributed by atoms with E-state index in [4.69, 9.17) is 0 Å². The smallest absolute Gasteiger partial charge is 0.0397 e. The molecule has 0 heterocycles. The Morgan fingerprint density at radius 2 is 2.40 bits per heavy atom. The SMILES string of the molecule is c1cc2[c-](c1)C1CCC2C1. The Kier molecular flexibility index (Phi) is 0.758. The zero-order chi connectivity index (χ0) is 6.55. The first-order valence-corrected chi connectivity index (χ1v) is 4.20. The molecule has 1 aromatic rings. The molecule has 1 fully saturated rings. The third kappa shape index (κ3) is 0.427. The van der Waals surface area contributed by atoms with Crippen LogP contribution in [-0.4, -0.2) is 0 Å². The highest BCUT2D eigenvalue weighted by molar-refractivity contribution is 5.42. The van der Waals surface area contributed by atoms with Gasteiger partial charge in [0.25, 0.3) is 0 Å². The summed E-state index contributed by atoms with van der Waals surface area (Å²) < 4.78 is 0. The van der Waals surface area contributed by atoms with Crippen molar-refractivity contribution in [2.45, 2.75) is 31.1 Å². The van der Waals surface area contributed by atoms with E-state index in [1.807, 2.05) is 0 Å². The van der Waals surface area contributed by atoms with Gasteiger partial charge < -0.3 is 0 Å². The van der Waals surface area contributed by atoms with Gasteiger partial charge in [-0.05, 0) is 12.3 Å². The van der Waals surface area contributed by atoms with Crippen LogP contribution in [0.15, 0.2) is 18.2 Å². The van der Waals surface area contributed by atoms with Crippen LogP contribution >= 0.6 is 0 Å². The second kappa shape index (κ2) is 1.50. The molecule has 0 aliphatic heterocycles. The molecule has 2 unspecified atom stereocenters. The van der Waals surface area contributed by atoms with Gasteiger partial charge in [-0.3, -0.25) is 0 Å². The summed E-state index contributed by atoms with van der Waals surface area (Å²) in [6, 6.07) is 6.85. The van der Waals surface area contributed by atoms with E-state index in [2.05, 4.69) is 18.2 Å². The van der Waals surface area contributed by atoms with E-state index in [0.717, 1.165) is 11.8 Å². The third-order valence-corrected chi connectivity index (χ3v) is 3.20. The van der Waals surface area contributed by atoms with E-state index in [-0.39, 0.29) is 0 Å². The fourth-order valence-electron chi connectivity index (χ4n) is 2.74. The van der Waals surface area contributed by atoms with E-state index >= 15 is 0 Å². The quantitative estimate of drug-likeness (QED) is 0.475. The molecule has 52 valence electrons. The fraction of sp³-hybridized carbons (Fsp3) is 0.500. The Morgan fingerprint density at radius 1 is 1.40 bits per heavy atom. The van der Waals surface area contributed by atoms with Crippen LogP contribution in [0.2, 0.25) is 0 Å². The molecule has 0 amide bonds. The Balaban J connectivity index is 2.25. The van der Waals surface area contributed by atoms with Crippen molar-refractivity contribution in [3.8, 4) is 0 Å².